The molecule has 0 spiro atoms. The van der Waals surface area contributed by atoms with Crippen LogP contribution in [0.2, 0.25) is 0 Å². The van der Waals surface area contributed by atoms with Gasteiger partial charge < -0.3 is 4.74 Å². The first-order chi connectivity index (χ1) is 7.42. The molecule has 4 heteroatoms. The van der Waals surface area contributed by atoms with Crippen molar-refractivity contribution in [1.29, 1.82) is 5.26 Å². The van der Waals surface area contributed by atoms with Crippen LogP contribution in [-0.4, -0.2) is 18.9 Å². The molecule has 3 atom stereocenters. The summed E-state index contributed by atoms with van der Waals surface area (Å²) in [5.41, 5.74) is -0.280. The molecular formula is C12H15NO3. The van der Waals surface area contributed by atoms with Crippen LogP contribution in [-0.2, 0) is 14.3 Å². The zero-order valence-corrected chi connectivity index (χ0v) is 9.90. The van der Waals surface area contributed by atoms with Crippen LogP contribution in [0.25, 0.3) is 0 Å². The molecule has 0 saturated heterocycles. The van der Waals surface area contributed by atoms with Gasteiger partial charge in [-0.2, -0.15) is 5.26 Å². The van der Waals surface area contributed by atoms with Crippen LogP contribution in [0.3, 0.4) is 0 Å². The number of esters is 1. The number of rotatable bonds is 3. The number of allylic oxidation sites excluding steroid dienone is 2. The molecule has 1 fully saturated rings. The highest BCUT2D eigenvalue weighted by Crippen LogP contribution is 2.60. The molecule has 0 aromatic rings. The summed E-state index contributed by atoms with van der Waals surface area (Å²) >= 11 is 0. The Morgan fingerprint density at radius 2 is 1.94 bits per heavy atom. The topological polar surface area (TPSA) is 67.2 Å². The summed E-state index contributed by atoms with van der Waals surface area (Å²) in [4.78, 5) is 23.3. The van der Waals surface area contributed by atoms with Crippen LogP contribution in [0.4, 0.5) is 0 Å². The number of hydrogen-bond donors (Lipinski definition) is 0. The third-order valence-corrected chi connectivity index (χ3v) is 3.02. The number of ether oxygens (including phenoxy) is 1. The Morgan fingerprint density at radius 1 is 1.38 bits per heavy atom. The van der Waals surface area contributed by atoms with Gasteiger partial charge in [0, 0.05) is 5.92 Å². The minimum Gasteiger partial charge on any atom is -0.468 e. The number of nitrogens with zero attached hydrogens (tertiary/aromatic N) is 1. The molecule has 0 radical (unpaired) electrons. The molecule has 0 N–H and O–H groups in total. The second kappa shape index (κ2) is 4.09. The number of carbonyl (C=O) groups is 2. The van der Waals surface area contributed by atoms with Crippen molar-refractivity contribution in [2.45, 2.75) is 20.8 Å². The molecule has 86 valence electrons. The van der Waals surface area contributed by atoms with Crippen molar-refractivity contribution in [1.82, 2.24) is 0 Å². The van der Waals surface area contributed by atoms with Gasteiger partial charge in [-0.1, -0.05) is 11.6 Å². The molecule has 0 aliphatic heterocycles. The summed E-state index contributed by atoms with van der Waals surface area (Å²) in [6.07, 6.45) is 1.80. The first-order valence-electron chi connectivity index (χ1n) is 5.07. The predicted molar refractivity (Wildman–Crippen MR) is 57.2 cm³/mol. The molecule has 1 aliphatic carbocycles. The third kappa shape index (κ3) is 1.53. The molecule has 0 aromatic carbocycles. The Morgan fingerprint density at radius 3 is 2.25 bits per heavy atom. The Hall–Kier alpha value is -1.63. The van der Waals surface area contributed by atoms with Crippen molar-refractivity contribution in [3.05, 3.63) is 11.6 Å². The lowest BCUT2D eigenvalue weighted by atomic mass is 9.96. The molecule has 1 rings (SSSR count). The number of Topliss-reactive ketones (excluding diaryl/α,β-unsaturated/α-hetero) is 1. The van der Waals surface area contributed by atoms with E-state index in [-0.39, 0.29) is 11.7 Å². The van der Waals surface area contributed by atoms with Gasteiger partial charge in [0.1, 0.15) is 11.2 Å². The fourth-order valence-corrected chi connectivity index (χ4v) is 2.21. The Balaban J connectivity index is 3.16. The van der Waals surface area contributed by atoms with E-state index in [1.807, 2.05) is 19.9 Å². The number of nitriles is 1. The van der Waals surface area contributed by atoms with Crippen molar-refractivity contribution in [2.75, 3.05) is 7.11 Å². The Bertz CT molecular complexity index is 401. The van der Waals surface area contributed by atoms with E-state index >= 15 is 0 Å². The van der Waals surface area contributed by atoms with E-state index in [1.165, 1.54) is 14.0 Å². The van der Waals surface area contributed by atoms with E-state index in [9.17, 15) is 9.59 Å². The summed E-state index contributed by atoms with van der Waals surface area (Å²) in [5.74, 6) is -1.83. The second-order valence-corrected chi connectivity index (χ2v) is 4.29. The van der Waals surface area contributed by atoms with E-state index in [2.05, 4.69) is 4.74 Å². The van der Waals surface area contributed by atoms with E-state index in [1.54, 1.807) is 6.08 Å². The minimum atomic E-state index is -1.26. The maximum Gasteiger partial charge on any atom is 0.321 e. The highest BCUT2D eigenvalue weighted by atomic mass is 16.5. The molecule has 0 heterocycles. The maximum absolute atomic E-state index is 11.7. The van der Waals surface area contributed by atoms with E-state index in [0.29, 0.717) is 0 Å². The highest BCUT2D eigenvalue weighted by molar-refractivity contribution is 6.08. The van der Waals surface area contributed by atoms with Crippen LogP contribution in [0, 0.1) is 28.6 Å². The van der Waals surface area contributed by atoms with Gasteiger partial charge >= 0.3 is 5.97 Å². The van der Waals surface area contributed by atoms with Gasteiger partial charge in [-0.15, -0.1) is 0 Å². The van der Waals surface area contributed by atoms with Crippen molar-refractivity contribution in [3.8, 4) is 6.07 Å². The summed E-state index contributed by atoms with van der Waals surface area (Å²) in [7, 11) is 1.24. The van der Waals surface area contributed by atoms with Gasteiger partial charge in [-0.25, -0.2) is 0 Å². The summed E-state index contributed by atoms with van der Waals surface area (Å²) in [6, 6.07) is 2.02. The third-order valence-electron chi connectivity index (χ3n) is 3.02. The predicted octanol–water partition coefficient (Wildman–Crippen LogP) is 1.47. The summed E-state index contributed by atoms with van der Waals surface area (Å²) in [5, 5.41) is 8.98. The van der Waals surface area contributed by atoms with Crippen molar-refractivity contribution >= 4 is 11.8 Å². The van der Waals surface area contributed by atoms with Gasteiger partial charge in [0.05, 0.1) is 19.1 Å². The zero-order valence-electron chi connectivity index (χ0n) is 9.90. The van der Waals surface area contributed by atoms with Crippen LogP contribution in [0.5, 0.6) is 0 Å². The van der Waals surface area contributed by atoms with Crippen molar-refractivity contribution in [3.63, 3.8) is 0 Å². The highest BCUT2D eigenvalue weighted by Gasteiger charge is 2.73. The van der Waals surface area contributed by atoms with Gasteiger partial charge in [-0.05, 0) is 20.8 Å². The van der Waals surface area contributed by atoms with Crippen molar-refractivity contribution in [2.24, 2.45) is 17.3 Å². The lowest BCUT2D eigenvalue weighted by molar-refractivity contribution is -0.151. The molecule has 1 aliphatic rings. The van der Waals surface area contributed by atoms with Crippen LogP contribution < -0.4 is 0 Å². The maximum atomic E-state index is 11.7. The molecule has 4 nitrogen and oxygen atoms in total. The molecule has 16 heavy (non-hydrogen) atoms. The zero-order chi connectivity index (χ0) is 12.5. The molecule has 0 aromatic heterocycles. The fraction of sp³-hybridized carbons (Fsp3) is 0.583. The van der Waals surface area contributed by atoms with E-state index in [0.717, 1.165) is 5.57 Å². The molecular weight excluding hydrogens is 206 g/mol. The van der Waals surface area contributed by atoms with Gasteiger partial charge in [-0.3, -0.25) is 9.59 Å². The minimum absolute atomic E-state index is 0.298. The first-order valence-corrected chi connectivity index (χ1v) is 5.07. The lowest BCUT2D eigenvalue weighted by Gasteiger charge is -2.09. The van der Waals surface area contributed by atoms with Gasteiger partial charge in [0.25, 0.3) is 0 Å². The van der Waals surface area contributed by atoms with Crippen LogP contribution in [0.1, 0.15) is 20.8 Å². The van der Waals surface area contributed by atoms with Crippen LogP contribution >= 0.6 is 0 Å². The summed E-state index contributed by atoms with van der Waals surface area (Å²) in [6.45, 7) is 5.07. The molecule has 0 amide bonds. The number of methoxy groups -OCH3 is 1. The largest absolute Gasteiger partial charge is 0.468 e. The second-order valence-electron chi connectivity index (χ2n) is 4.29. The average Bonchev–Trinajstić information content (AvgIpc) is 2.84. The number of ketones is 1. The average molecular weight is 221 g/mol. The molecule has 0 unspecified atom stereocenters. The number of hydrogen-bond acceptors (Lipinski definition) is 4. The standard InChI is InChI=1S/C12H15NO3/c1-7(2)5-9-10(6-13)12(9,8(3)14)11(15)16-4/h5,9-10H,1-4H3/t9-,10-,12+/m0/s1. The first kappa shape index (κ1) is 12.4. The Labute approximate surface area is 94.9 Å². The Kier molecular flexibility index (Phi) is 3.18. The van der Waals surface area contributed by atoms with Crippen LogP contribution in [0.15, 0.2) is 11.6 Å². The van der Waals surface area contributed by atoms with Crippen molar-refractivity contribution < 1.29 is 14.3 Å². The normalized spacial score (nSPS) is 31.2. The van der Waals surface area contributed by atoms with E-state index in [4.69, 9.17) is 5.26 Å². The molecule has 0 bridgehead atoms. The molecule has 1 saturated carbocycles. The monoisotopic (exact) mass is 221 g/mol. The van der Waals surface area contributed by atoms with Gasteiger partial charge in [0.15, 0.2) is 0 Å². The lowest BCUT2D eigenvalue weighted by Crippen LogP contribution is -2.28. The van der Waals surface area contributed by atoms with Gasteiger partial charge in [0.2, 0.25) is 0 Å². The number of carbonyl (C=O) groups excluding carboxylic acids is 2. The summed E-state index contributed by atoms with van der Waals surface area (Å²) < 4.78 is 4.64. The van der Waals surface area contributed by atoms with E-state index < -0.39 is 17.3 Å². The quantitative estimate of drug-likeness (QED) is 0.411. The smallest absolute Gasteiger partial charge is 0.321 e. The fourth-order valence-electron chi connectivity index (χ4n) is 2.21. The SMILES string of the molecule is COC(=O)[C@@]1(C(C)=O)[C@@H](C#N)[C@@H]1C=C(C)C.